The van der Waals surface area contributed by atoms with Crippen molar-refractivity contribution >= 4 is 0 Å². The van der Waals surface area contributed by atoms with Crippen LogP contribution in [-0.4, -0.2) is 24.0 Å². The van der Waals surface area contributed by atoms with Crippen LogP contribution in [0.3, 0.4) is 0 Å². The second-order valence-corrected chi connectivity index (χ2v) is 9.69. The van der Waals surface area contributed by atoms with Gasteiger partial charge >= 0.3 is 0 Å². The summed E-state index contributed by atoms with van der Waals surface area (Å²) in [6.07, 6.45) is 22.7. The third-order valence-electron chi connectivity index (χ3n) is 7.68. The molecule has 1 aliphatic carbocycles. The molecule has 2 unspecified atom stereocenters. The molecule has 1 nitrogen and oxygen atoms in total. The van der Waals surface area contributed by atoms with Crippen LogP contribution in [0.4, 0.5) is 0 Å². The van der Waals surface area contributed by atoms with Crippen molar-refractivity contribution in [2.45, 2.75) is 129 Å². The van der Waals surface area contributed by atoms with Gasteiger partial charge in [0.25, 0.3) is 0 Å². The van der Waals surface area contributed by atoms with E-state index >= 15 is 0 Å². The summed E-state index contributed by atoms with van der Waals surface area (Å²) in [5.41, 5.74) is 4.07. The van der Waals surface area contributed by atoms with Crippen LogP contribution in [-0.2, 0) is 0 Å². The fourth-order valence-corrected chi connectivity index (χ4v) is 5.22. The Kier molecular flexibility index (Phi) is 9.75. The van der Waals surface area contributed by atoms with Gasteiger partial charge in [-0.3, -0.25) is 0 Å². The van der Waals surface area contributed by atoms with Crippen LogP contribution in [0, 0.1) is 5.92 Å². The van der Waals surface area contributed by atoms with E-state index in [1.807, 2.05) is 5.57 Å². The summed E-state index contributed by atoms with van der Waals surface area (Å²) in [6, 6.07) is 0. The van der Waals surface area contributed by atoms with Crippen LogP contribution >= 0.6 is 0 Å². The van der Waals surface area contributed by atoms with Crippen LogP contribution in [0.2, 0.25) is 0 Å². The molecule has 0 saturated carbocycles. The Hall–Kier alpha value is -0.300. The molecule has 0 aromatic carbocycles. The van der Waals surface area contributed by atoms with Crippen LogP contribution in [0.1, 0.15) is 124 Å². The number of hydrogen-bond donors (Lipinski definition) is 0. The molecule has 1 heteroatoms. The Labute approximate surface area is 165 Å². The largest absolute Gasteiger partial charge is 0.300 e. The Morgan fingerprint density at radius 2 is 1.69 bits per heavy atom. The molecule has 2 atom stereocenters. The topological polar surface area (TPSA) is 3.24 Å². The van der Waals surface area contributed by atoms with E-state index in [4.69, 9.17) is 0 Å². The van der Waals surface area contributed by atoms with Gasteiger partial charge in [-0.2, -0.15) is 0 Å². The molecule has 0 bridgehead atoms. The summed E-state index contributed by atoms with van der Waals surface area (Å²) in [4.78, 5) is 2.77. The highest BCUT2D eigenvalue weighted by Crippen LogP contribution is 2.42. The Morgan fingerprint density at radius 1 is 0.962 bits per heavy atom. The van der Waals surface area contributed by atoms with Crippen molar-refractivity contribution in [3.05, 3.63) is 11.1 Å². The third-order valence-corrected chi connectivity index (χ3v) is 7.68. The quantitative estimate of drug-likeness (QED) is 0.314. The van der Waals surface area contributed by atoms with E-state index in [0.29, 0.717) is 5.54 Å². The summed E-state index contributed by atoms with van der Waals surface area (Å²) in [5, 5.41) is 0. The molecular formula is C25H47N. The van der Waals surface area contributed by atoms with E-state index in [-0.39, 0.29) is 0 Å². The lowest BCUT2D eigenvalue weighted by Crippen LogP contribution is -2.48. The number of nitrogens with zero attached hydrogens (tertiary/aromatic N) is 1. The highest BCUT2D eigenvalue weighted by atomic mass is 15.2. The van der Waals surface area contributed by atoms with E-state index in [0.717, 1.165) is 5.92 Å². The summed E-state index contributed by atoms with van der Waals surface area (Å²) in [6.45, 7) is 8.48. The minimum absolute atomic E-state index is 0.496. The minimum Gasteiger partial charge on any atom is -0.300 e. The first-order chi connectivity index (χ1) is 12.6. The Morgan fingerprint density at radius 3 is 2.50 bits per heavy atom. The minimum atomic E-state index is 0.496. The van der Waals surface area contributed by atoms with Gasteiger partial charge in [0.15, 0.2) is 0 Å². The fraction of sp³-hybridized carbons (Fsp3) is 0.920. The second kappa shape index (κ2) is 11.5. The monoisotopic (exact) mass is 361 g/mol. The average Bonchev–Trinajstić information content (AvgIpc) is 2.72. The van der Waals surface area contributed by atoms with E-state index in [9.17, 15) is 0 Å². The molecule has 26 heavy (non-hydrogen) atoms. The predicted molar refractivity (Wildman–Crippen MR) is 117 cm³/mol. The zero-order chi connectivity index (χ0) is 18.8. The zero-order valence-electron chi connectivity index (χ0n) is 18.5. The summed E-state index contributed by atoms with van der Waals surface area (Å²) in [5.74, 6) is 0.928. The lowest BCUT2D eigenvalue weighted by Gasteiger charge is -2.46. The molecule has 1 heterocycles. The van der Waals surface area contributed by atoms with Crippen LogP contribution in [0.5, 0.6) is 0 Å². The molecular weight excluding hydrogens is 314 g/mol. The zero-order valence-corrected chi connectivity index (χ0v) is 18.5. The van der Waals surface area contributed by atoms with Crippen LogP contribution < -0.4 is 0 Å². The fourth-order valence-electron chi connectivity index (χ4n) is 5.22. The maximum atomic E-state index is 2.77. The standard InChI is InChI=1S/C25H47N/c1-5-22(2)15-11-7-8-12-16-24-21-25(19-17-23(24)3)18-13-9-6-10-14-20-26(25)4/h22H,5-21H2,1-4H3. The number of rotatable bonds is 8. The van der Waals surface area contributed by atoms with Crippen molar-refractivity contribution in [2.24, 2.45) is 5.92 Å². The molecule has 1 aliphatic heterocycles. The van der Waals surface area contributed by atoms with Gasteiger partial charge in [0.05, 0.1) is 0 Å². The third kappa shape index (κ3) is 6.70. The molecule has 152 valence electrons. The van der Waals surface area contributed by atoms with Crippen molar-refractivity contribution < 1.29 is 0 Å². The number of allylic oxidation sites excluding steroid dienone is 1. The molecule has 0 N–H and O–H groups in total. The van der Waals surface area contributed by atoms with Crippen molar-refractivity contribution in [1.82, 2.24) is 4.90 Å². The van der Waals surface area contributed by atoms with Gasteiger partial charge in [-0.05, 0) is 71.4 Å². The molecule has 1 fully saturated rings. The maximum absolute atomic E-state index is 2.77. The van der Waals surface area contributed by atoms with Crippen molar-refractivity contribution in [3.8, 4) is 0 Å². The Balaban J connectivity index is 1.82. The first-order valence-corrected chi connectivity index (χ1v) is 12.0. The summed E-state index contributed by atoms with van der Waals surface area (Å²) >= 11 is 0. The van der Waals surface area contributed by atoms with Crippen molar-refractivity contribution in [3.63, 3.8) is 0 Å². The Bertz CT molecular complexity index is 424. The molecule has 2 aliphatic rings. The van der Waals surface area contributed by atoms with Gasteiger partial charge in [-0.15, -0.1) is 0 Å². The van der Waals surface area contributed by atoms with E-state index in [1.54, 1.807) is 5.57 Å². The normalized spacial score (nSPS) is 27.2. The van der Waals surface area contributed by atoms with Gasteiger partial charge in [-0.25, -0.2) is 0 Å². The van der Waals surface area contributed by atoms with Gasteiger partial charge in [-0.1, -0.05) is 82.8 Å². The van der Waals surface area contributed by atoms with Gasteiger partial charge in [0.2, 0.25) is 0 Å². The van der Waals surface area contributed by atoms with Crippen LogP contribution in [0.25, 0.3) is 0 Å². The van der Waals surface area contributed by atoms with Gasteiger partial charge in [0, 0.05) is 5.54 Å². The summed E-state index contributed by atoms with van der Waals surface area (Å²) < 4.78 is 0. The lowest BCUT2D eigenvalue weighted by molar-refractivity contribution is 0.0888. The molecule has 1 saturated heterocycles. The van der Waals surface area contributed by atoms with E-state index in [1.165, 1.54) is 109 Å². The molecule has 0 aromatic heterocycles. The second-order valence-electron chi connectivity index (χ2n) is 9.69. The first kappa shape index (κ1) is 22.0. The average molecular weight is 362 g/mol. The predicted octanol–water partition coefficient (Wildman–Crippen LogP) is 7.90. The smallest absolute Gasteiger partial charge is 0.0246 e. The molecule has 0 amide bonds. The highest BCUT2D eigenvalue weighted by molar-refractivity contribution is 5.21. The van der Waals surface area contributed by atoms with Gasteiger partial charge in [0.1, 0.15) is 0 Å². The maximum Gasteiger partial charge on any atom is 0.0246 e. The number of unbranched alkanes of at least 4 members (excludes halogenated alkanes) is 3. The first-order valence-electron chi connectivity index (χ1n) is 12.0. The molecule has 2 rings (SSSR count). The number of hydrogen-bond acceptors (Lipinski definition) is 1. The summed E-state index contributed by atoms with van der Waals surface area (Å²) in [7, 11) is 2.43. The lowest BCUT2D eigenvalue weighted by atomic mass is 9.73. The highest BCUT2D eigenvalue weighted by Gasteiger charge is 2.37. The molecule has 0 radical (unpaired) electrons. The van der Waals surface area contributed by atoms with Gasteiger partial charge < -0.3 is 4.90 Å². The van der Waals surface area contributed by atoms with E-state index < -0.39 is 0 Å². The molecule has 1 spiro atoms. The van der Waals surface area contributed by atoms with Crippen molar-refractivity contribution in [2.75, 3.05) is 13.6 Å². The van der Waals surface area contributed by atoms with Crippen LogP contribution in [0.15, 0.2) is 11.1 Å². The van der Waals surface area contributed by atoms with E-state index in [2.05, 4.69) is 32.7 Å². The SMILES string of the molecule is CCC(C)CCCCCCC1=C(C)CCC2(CCCCCCCN2C)C1. The molecule has 0 aromatic rings. The van der Waals surface area contributed by atoms with Crippen molar-refractivity contribution in [1.29, 1.82) is 0 Å².